The van der Waals surface area contributed by atoms with E-state index in [1.54, 1.807) is 31.1 Å². The number of fused-ring (bicyclic) bond motifs is 1. The molecule has 0 bridgehead atoms. The van der Waals surface area contributed by atoms with E-state index < -0.39 is 0 Å². The highest BCUT2D eigenvalue weighted by Gasteiger charge is 2.25. The van der Waals surface area contributed by atoms with Gasteiger partial charge in [0, 0.05) is 33.7 Å². The number of ether oxygens (including phenoxy) is 2. The highest BCUT2D eigenvalue weighted by molar-refractivity contribution is 5.97. The first-order valence-electron chi connectivity index (χ1n) is 8.69. The summed E-state index contributed by atoms with van der Waals surface area (Å²) in [6.45, 7) is 3.02. The predicted molar refractivity (Wildman–Crippen MR) is 93.1 cm³/mol. The van der Waals surface area contributed by atoms with Crippen molar-refractivity contribution in [2.24, 2.45) is 5.92 Å². The van der Waals surface area contributed by atoms with Crippen molar-refractivity contribution >= 4 is 11.9 Å². The molecule has 2 aliphatic heterocycles. The van der Waals surface area contributed by atoms with E-state index in [0.29, 0.717) is 42.7 Å². The third-order valence-corrected chi connectivity index (χ3v) is 4.63. The van der Waals surface area contributed by atoms with Crippen LogP contribution in [0.3, 0.4) is 0 Å². The minimum Gasteiger partial charge on any atom is -0.486 e. The number of nitrogens with one attached hydrogen (secondary N) is 1. The number of nitrogens with zero attached hydrogens (tertiary/aromatic N) is 2. The standard InChI is InChI=1S/C18H25N3O4/c1-20(2)18(23)21-8-6-13(7-9-21)12-19-17(22)14-4-3-5-15-16(14)25-11-10-24-15/h3-5,13H,6-12H2,1-2H3,(H,19,22). The molecule has 1 aromatic rings. The molecule has 1 saturated heterocycles. The fourth-order valence-electron chi connectivity index (χ4n) is 3.20. The number of amides is 3. The lowest BCUT2D eigenvalue weighted by Gasteiger charge is -2.33. The Morgan fingerprint density at radius 2 is 1.92 bits per heavy atom. The smallest absolute Gasteiger partial charge is 0.319 e. The normalized spacial score (nSPS) is 17.1. The van der Waals surface area contributed by atoms with Gasteiger partial charge in [0.25, 0.3) is 5.91 Å². The molecule has 7 heteroatoms. The molecular formula is C18H25N3O4. The highest BCUT2D eigenvalue weighted by atomic mass is 16.6. The van der Waals surface area contributed by atoms with Crippen LogP contribution in [0, 0.1) is 5.92 Å². The Hall–Kier alpha value is -2.44. The first-order chi connectivity index (χ1) is 12.1. The van der Waals surface area contributed by atoms with Crippen LogP contribution in [0.2, 0.25) is 0 Å². The van der Waals surface area contributed by atoms with Crippen molar-refractivity contribution in [1.82, 2.24) is 15.1 Å². The maximum Gasteiger partial charge on any atom is 0.319 e. The molecule has 0 aromatic heterocycles. The number of urea groups is 1. The number of hydrogen-bond donors (Lipinski definition) is 1. The van der Waals surface area contributed by atoms with Gasteiger partial charge in [0.2, 0.25) is 0 Å². The summed E-state index contributed by atoms with van der Waals surface area (Å²) in [4.78, 5) is 27.9. The second-order valence-electron chi connectivity index (χ2n) is 6.65. The van der Waals surface area contributed by atoms with Crippen molar-refractivity contribution in [2.75, 3.05) is 46.9 Å². The Morgan fingerprint density at radius 3 is 2.64 bits per heavy atom. The van der Waals surface area contributed by atoms with Gasteiger partial charge in [-0.05, 0) is 30.9 Å². The maximum atomic E-state index is 12.5. The molecule has 136 valence electrons. The van der Waals surface area contributed by atoms with Gasteiger partial charge in [0.15, 0.2) is 11.5 Å². The van der Waals surface area contributed by atoms with E-state index in [1.807, 2.05) is 11.0 Å². The van der Waals surface area contributed by atoms with Gasteiger partial charge in [-0.25, -0.2) is 4.79 Å². The minimum atomic E-state index is -0.144. The summed E-state index contributed by atoms with van der Waals surface area (Å²) in [6, 6.07) is 5.41. The van der Waals surface area contributed by atoms with Gasteiger partial charge < -0.3 is 24.6 Å². The third kappa shape index (κ3) is 3.97. The van der Waals surface area contributed by atoms with Crippen LogP contribution in [-0.2, 0) is 0 Å². The summed E-state index contributed by atoms with van der Waals surface area (Å²) in [5.74, 6) is 1.38. The van der Waals surface area contributed by atoms with E-state index in [9.17, 15) is 9.59 Å². The van der Waals surface area contributed by atoms with Crippen LogP contribution < -0.4 is 14.8 Å². The molecule has 0 atom stereocenters. The zero-order valence-electron chi connectivity index (χ0n) is 14.8. The Bertz CT molecular complexity index is 639. The van der Waals surface area contributed by atoms with Gasteiger partial charge in [0.05, 0.1) is 5.56 Å². The highest BCUT2D eigenvalue weighted by Crippen LogP contribution is 2.33. The van der Waals surface area contributed by atoms with Gasteiger partial charge in [-0.1, -0.05) is 6.07 Å². The molecule has 0 spiro atoms. The Morgan fingerprint density at radius 1 is 1.20 bits per heavy atom. The zero-order chi connectivity index (χ0) is 17.8. The molecule has 1 N–H and O–H groups in total. The van der Waals surface area contributed by atoms with Crippen LogP contribution in [0.5, 0.6) is 11.5 Å². The Kier molecular flexibility index (Phi) is 5.31. The number of hydrogen-bond acceptors (Lipinski definition) is 4. The number of carbonyl (C=O) groups excluding carboxylic acids is 2. The number of carbonyl (C=O) groups is 2. The van der Waals surface area contributed by atoms with E-state index >= 15 is 0 Å². The van der Waals surface area contributed by atoms with E-state index in [1.165, 1.54) is 0 Å². The second kappa shape index (κ2) is 7.63. The van der Waals surface area contributed by atoms with Crippen LogP contribution in [-0.4, -0.2) is 68.7 Å². The first kappa shape index (κ1) is 17.4. The summed E-state index contributed by atoms with van der Waals surface area (Å²) in [5, 5.41) is 3.00. The van der Waals surface area contributed by atoms with E-state index in [-0.39, 0.29) is 11.9 Å². The second-order valence-corrected chi connectivity index (χ2v) is 6.65. The van der Waals surface area contributed by atoms with Crippen molar-refractivity contribution in [3.63, 3.8) is 0 Å². The molecule has 0 unspecified atom stereocenters. The minimum absolute atomic E-state index is 0.0514. The summed E-state index contributed by atoms with van der Waals surface area (Å²) < 4.78 is 11.1. The van der Waals surface area contributed by atoms with E-state index in [0.717, 1.165) is 25.9 Å². The molecule has 2 aliphatic rings. The van der Waals surface area contributed by atoms with E-state index in [4.69, 9.17) is 9.47 Å². The van der Waals surface area contributed by atoms with Crippen molar-refractivity contribution in [2.45, 2.75) is 12.8 Å². The van der Waals surface area contributed by atoms with Crippen LogP contribution in [0.4, 0.5) is 4.79 Å². The molecule has 1 fully saturated rings. The molecule has 2 heterocycles. The summed E-state index contributed by atoms with van der Waals surface area (Å²) in [7, 11) is 3.53. The van der Waals surface area contributed by atoms with Crippen molar-refractivity contribution in [3.05, 3.63) is 23.8 Å². The fourth-order valence-corrected chi connectivity index (χ4v) is 3.20. The average molecular weight is 347 g/mol. The molecular weight excluding hydrogens is 322 g/mol. The topological polar surface area (TPSA) is 71.1 Å². The van der Waals surface area contributed by atoms with Crippen LogP contribution in [0.25, 0.3) is 0 Å². The van der Waals surface area contributed by atoms with Gasteiger partial charge >= 0.3 is 6.03 Å². The van der Waals surface area contributed by atoms with Gasteiger partial charge in [-0.2, -0.15) is 0 Å². The van der Waals surface area contributed by atoms with Crippen LogP contribution in [0.15, 0.2) is 18.2 Å². The summed E-state index contributed by atoms with van der Waals surface area (Å²) in [5.41, 5.74) is 0.512. The van der Waals surface area contributed by atoms with E-state index in [2.05, 4.69) is 5.32 Å². The number of rotatable bonds is 3. The molecule has 3 amide bonds. The molecule has 0 aliphatic carbocycles. The average Bonchev–Trinajstić information content (AvgIpc) is 2.65. The van der Waals surface area contributed by atoms with Crippen molar-refractivity contribution in [1.29, 1.82) is 0 Å². The van der Waals surface area contributed by atoms with Gasteiger partial charge in [-0.15, -0.1) is 0 Å². The third-order valence-electron chi connectivity index (χ3n) is 4.63. The van der Waals surface area contributed by atoms with Crippen LogP contribution in [0.1, 0.15) is 23.2 Å². The molecule has 25 heavy (non-hydrogen) atoms. The molecule has 7 nitrogen and oxygen atoms in total. The largest absolute Gasteiger partial charge is 0.486 e. The fraction of sp³-hybridized carbons (Fsp3) is 0.556. The van der Waals surface area contributed by atoms with Crippen LogP contribution >= 0.6 is 0 Å². The lowest BCUT2D eigenvalue weighted by Crippen LogP contribution is -2.45. The zero-order valence-corrected chi connectivity index (χ0v) is 14.8. The predicted octanol–water partition coefficient (Wildman–Crippen LogP) is 1.58. The number of likely N-dealkylation sites (tertiary alicyclic amines) is 1. The molecule has 0 saturated carbocycles. The summed E-state index contributed by atoms with van der Waals surface area (Å²) in [6.07, 6.45) is 1.79. The first-order valence-corrected chi connectivity index (χ1v) is 8.69. The lowest BCUT2D eigenvalue weighted by molar-refractivity contribution is 0.0924. The number of para-hydroxylation sites is 1. The maximum absolute atomic E-state index is 12.5. The molecule has 3 rings (SSSR count). The molecule has 1 aromatic carbocycles. The Labute approximate surface area is 147 Å². The monoisotopic (exact) mass is 347 g/mol. The Balaban J connectivity index is 1.52. The SMILES string of the molecule is CN(C)C(=O)N1CCC(CNC(=O)c2cccc3c2OCCO3)CC1. The lowest BCUT2D eigenvalue weighted by atomic mass is 9.97. The quantitative estimate of drug-likeness (QED) is 0.901. The van der Waals surface area contributed by atoms with Gasteiger partial charge in [-0.3, -0.25) is 4.79 Å². The summed E-state index contributed by atoms with van der Waals surface area (Å²) >= 11 is 0. The molecule has 0 radical (unpaired) electrons. The number of piperidine rings is 1. The van der Waals surface area contributed by atoms with Crippen molar-refractivity contribution < 1.29 is 19.1 Å². The van der Waals surface area contributed by atoms with Crippen molar-refractivity contribution in [3.8, 4) is 11.5 Å². The number of benzene rings is 1. The van der Waals surface area contributed by atoms with Gasteiger partial charge in [0.1, 0.15) is 13.2 Å².